The molecule has 0 bridgehead atoms. The van der Waals surface area contributed by atoms with Gasteiger partial charge in [-0.25, -0.2) is 0 Å². The van der Waals surface area contributed by atoms with E-state index in [9.17, 15) is 18.0 Å². The molecule has 1 amide bonds. The van der Waals surface area contributed by atoms with Gasteiger partial charge in [0.25, 0.3) is 0 Å². The normalized spacial score (nSPS) is 15.2. The van der Waals surface area contributed by atoms with Crippen molar-refractivity contribution in [3.8, 4) is 17.1 Å². The highest BCUT2D eigenvalue weighted by atomic mass is 32.2. The zero-order valence-corrected chi connectivity index (χ0v) is 21.3. The molecule has 4 rings (SSSR count). The van der Waals surface area contributed by atoms with Gasteiger partial charge in [-0.1, -0.05) is 56.3 Å². The molecule has 0 unspecified atom stereocenters. The third-order valence-electron chi connectivity index (χ3n) is 5.78. The summed E-state index contributed by atoms with van der Waals surface area (Å²) in [4.78, 5) is 19.3. The highest BCUT2D eigenvalue weighted by Crippen LogP contribution is 2.44. The van der Waals surface area contributed by atoms with E-state index in [0.717, 1.165) is 29.9 Å². The summed E-state index contributed by atoms with van der Waals surface area (Å²) in [6.45, 7) is 7.90. The SMILES string of the molecule is CCC(=O)N1c2ccc(C)cc2-c2nnc(SCCC(C)C)nc2O[C@H]1c1ccc(C(F)(F)F)cc1. The Morgan fingerprint density at radius 2 is 1.86 bits per heavy atom. The monoisotopic (exact) mass is 516 g/mol. The quantitative estimate of drug-likeness (QED) is 0.334. The Labute approximate surface area is 212 Å². The van der Waals surface area contributed by atoms with Gasteiger partial charge in [0.15, 0.2) is 5.69 Å². The van der Waals surface area contributed by atoms with E-state index in [1.54, 1.807) is 13.0 Å². The Hall–Kier alpha value is -3.14. The lowest BCUT2D eigenvalue weighted by Crippen LogP contribution is -2.37. The molecule has 0 saturated carbocycles. The fourth-order valence-electron chi connectivity index (χ4n) is 3.82. The van der Waals surface area contributed by atoms with Gasteiger partial charge in [-0.05, 0) is 43.5 Å². The highest BCUT2D eigenvalue weighted by Gasteiger charge is 2.36. The summed E-state index contributed by atoms with van der Waals surface area (Å²) in [5.74, 6) is 1.25. The zero-order chi connectivity index (χ0) is 26.0. The van der Waals surface area contributed by atoms with E-state index in [2.05, 4.69) is 29.0 Å². The molecule has 0 fully saturated rings. The van der Waals surface area contributed by atoms with Crippen LogP contribution in [0.5, 0.6) is 5.88 Å². The number of carbonyl (C=O) groups excluding carboxylic acids is 1. The van der Waals surface area contributed by atoms with Crippen molar-refractivity contribution >= 4 is 23.4 Å². The summed E-state index contributed by atoms with van der Waals surface area (Å²) in [5.41, 5.74) is 2.08. The molecule has 10 heteroatoms. The summed E-state index contributed by atoms with van der Waals surface area (Å²) < 4.78 is 45.9. The number of amides is 1. The van der Waals surface area contributed by atoms with Crippen molar-refractivity contribution < 1.29 is 22.7 Å². The van der Waals surface area contributed by atoms with E-state index in [1.165, 1.54) is 28.8 Å². The number of anilines is 1. The van der Waals surface area contributed by atoms with Crippen LogP contribution < -0.4 is 9.64 Å². The summed E-state index contributed by atoms with van der Waals surface area (Å²) in [5, 5.41) is 9.12. The lowest BCUT2D eigenvalue weighted by molar-refractivity contribution is -0.137. The van der Waals surface area contributed by atoms with Gasteiger partial charge in [-0.15, -0.1) is 10.2 Å². The Kier molecular flexibility index (Phi) is 7.54. The molecule has 1 atom stereocenters. The van der Waals surface area contributed by atoms with Crippen LogP contribution in [0.4, 0.5) is 18.9 Å². The molecule has 0 saturated heterocycles. The number of hydrogen-bond acceptors (Lipinski definition) is 6. The zero-order valence-electron chi connectivity index (χ0n) is 20.5. The molecule has 0 aliphatic carbocycles. The van der Waals surface area contributed by atoms with Crippen LogP contribution in [0.1, 0.15) is 56.5 Å². The number of fused-ring (bicyclic) bond motifs is 3. The van der Waals surface area contributed by atoms with Crippen molar-refractivity contribution in [1.82, 2.24) is 15.2 Å². The highest BCUT2D eigenvalue weighted by molar-refractivity contribution is 7.99. The van der Waals surface area contributed by atoms with E-state index in [4.69, 9.17) is 4.74 Å². The van der Waals surface area contributed by atoms with Crippen LogP contribution >= 0.6 is 11.8 Å². The predicted molar refractivity (Wildman–Crippen MR) is 133 cm³/mol. The fraction of sp³-hybridized carbons (Fsp3) is 0.385. The molecule has 3 aromatic rings. The van der Waals surface area contributed by atoms with Crippen LogP contribution in [-0.2, 0) is 11.0 Å². The van der Waals surface area contributed by atoms with Crippen molar-refractivity contribution in [3.63, 3.8) is 0 Å². The Morgan fingerprint density at radius 1 is 1.14 bits per heavy atom. The van der Waals surface area contributed by atoms with Gasteiger partial charge in [-0.2, -0.15) is 18.2 Å². The van der Waals surface area contributed by atoms with Gasteiger partial charge < -0.3 is 4.74 Å². The third kappa shape index (κ3) is 5.48. The largest absolute Gasteiger partial charge is 0.447 e. The van der Waals surface area contributed by atoms with Crippen LogP contribution in [0.25, 0.3) is 11.3 Å². The number of aromatic nitrogens is 3. The van der Waals surface area contributed by atoms with Gasteiger partial charge in [0.1, 0.15) is 0 Å². The standard InChI is InChI=1S/C26H27F3N4O2S/c1-5-21(34)33-20-11-6-16(4)14-19(20)22-23(30-25(32-31-22)36-13-12-15(2)3)35-24(33)17-7-9-18(10-8-17)26(27,28)29/h6-11,14-15,24H,5,12-13H2,1-4H3/t24-/m0/s1. The van der Waals surface area contributed by atoms with Gasteiger partial charge >= 0.3 is 6.18 Å². The molecule has 36 heavy (non-hydrogen) atoms. The minimum Gasteiger partial charge on any atom is -0.447 e. The van der Waals surface area contributed by atoms with Crippen LogP contribution in [0.3, 0.4) is 0 Å². The van der Waals surface area contributed by atoms with Crippen LogP contribution in [-0.4, -0.2) is 26.8 Å². The van der Waals surface area contributed by atoms with Crippen LogP contribution in [0.2, 0.25) is 0 Å². The third-order valence-corrected chi connectivity index (χ3v) is 6.65. The van der Waals surface area contributed by atoms with Crippen molar-refractivity contribution in [2.24, 2.45) is 5.92 Å². The predicted octanol–water partition coefficient (Wildman–Crippen LogP) is 6.84. The number of carbonyl (C=O) groups is 1. The Balaban J connectivity index is 1.84. The minimum absolute atomic E-state index is 0.166. The number of ether oxygens (including phenoxy) is 1. The number of benzene rings is 2. The second-order valence-electron chi connectivity index (χ2n) is 9.01. The average molecular weight is 517 g/mol. The van der Waals surface area contributed by atoms with E-state index < -0.39 is 18.0 Å². The Morgan fingerprint density at radius 3 is 2.50 bits per heavy atom. The van der Waals surface area contributed by atoms with Gasteiger partial charge in [0, 0.05) is 23.3 Å². The molecule has 1 aliphatic rings. The molecule has 6 nitrogen and oxygen atoms in total. The fourth-order valence-corrected chi connectivity index (χ4v) is 4.84. The van der Waals surface area contributed by atoms with Crippen molar-refractivity contribution in [1.29, 1.82) is 0 Å². The molecule has 190 valence electrons. The van der Waals surface area contributed by atoms with E-state index in [1.807, 2.05) is 19.1 Å². The second-order valence-corrected chi connectivity index (χ2v) is 10.1. The van der Waals surface area contributed by atoms with Crippen LogP contribution in [0, 0.1) is 12.8 Å². The summed E-state index contributed by atoms with van der Waals surface area (Å²) in [7, 11) is 0. The molecule has 0 N–H and O–H groups in total. The summed E-state index contributed by atoms with van der Waals surface area (Å²) in [6, 6.07) is 10.2. The smallest absolute Gasteiger partial charge is 0.416 e. The number of aryl methyl sites for hydroxylation is 1. The van der Waals surface area contributed by atoms with E-state index in [-0.39, 0.29) is 18.2 Å². The number of nitrogens with zero attached hydrogens (tertiary/aromatic N) is 4. The first kappa shape index (κ1) is 25.9. The molecule has 2 aromatic carbocycles. The molecule has 1 aromatic heterocycles. The maximum Gasteiger partial charge on any atom is 0.416 e. The number of hydrogen-bond donors (Lipinski definition) is 0. The summed E-state index contributed by atoms with van der Waals surface area (Å²) >= 11 is 1.46. The van der Waals surface area contributed by atoms with E-state index >= 15 is 0 Å². The average Bonchev–Trinajstić information content (AvgIpc) is 2.97. The lowest BCUT2D eigenvalue weighted by Gasteiger charge is -2.31. The minimum atomic E-state index is -4.47. The number of rotatable bonds is 6. The first-order valence-corrected chi connectivity index (χ1v) is 12.7. The lowest BCUT2D eigenvalue weighted by atomic mass is 10.0. The Bertz CT molecular complexity index is 1250. The van der Waals surface area contributed by atoms with Gasteiger partial charge in [0.05, 0.1) is 11.3 Å². The molecule has 0 spiro atoms. The van der Waals surface area contributed by atoms with Crippen molar-refractivity contribution in [3.05, 3.63) is 59.2 Å². The maximum atomic E-state index is 13.2. The topological polar surface area (TPSA) is 68.2 Å². The molecular formula is C26H27F3N4O2S. The molecular weight excluding hydrogens is 489 g/mol. The van der Waals surface area contributed by atoms with Crippen molar-refractivity contribution in [2.45, 2.75) is 58.1 Å². The van der Waals surface area contributed by atoms with Gasteiger partial charge in [0.2, 0.25) is 23.2 Å². The molecule has 1 aliphatic heterocycles. The first-order chi connectivity index (χ1) is 17.1. The molecule has 0 radical (unpaired) electrons. The summed E-state index contributed by atoms with van der Waals surface area (Å²) in [6.07, 6.45) is -4.37. The number of thioether (sulfide) groups is 1. The van der Waals surface area contributed by atoms with Crippen molar-refractivity contribution in [2.75, 3.05) is 10.7 Å². The first-order valence-electron chi connectivity index (χ1n) is 11.7. The van der Waals surface area contributed by atoms with Gasteiger partial charge in [-0.3, -0.25) is 9.69 Å². The second kappa shape index (κ2) is 10.5. The molecule has 2 heterocycles. The number of alkyl halides is 3. The number of halogens is 3. The maximum absolute atomic E-state index is 13.2. The van der Waals surface area contributed by atoms with E-state index in [0.29, 0.717) is 33.6 Å². The van der Waals surface area contributed by atoms with Crippen LogP contribution in [0.15, 0.2) is 47.6 Å².